The predicted molar refractivity (Wildman–Crippen MR) is 98.5 cm³/mol. The highest BCUT2D eigenvalue weighted by atomic mass is 32.1. The molecular formula is C18H23N4O3S+. The van der Waals surface area contributed by atoms with Gasteiger partial charge < -0.3 is 19.5 Å². The third-order valence-electron chi connectivity index (χ3n) is 5.05. The minimum atomic E-state index is 0.0172. The Morgan fingerprint density at radius 1 is 1.15 bits per heavy atom. The van der Waals surface area contributed by atoms with E-state index >= 15 is 0 Å². The quantitative estimate of drug-likeness (QED) is 0.710. The number of ether oxygens (including phenoxy) is 2. The fourth-order valence-electron chi connectivity index (χ4n) is 3.78. The lowest BCUT2D eigenvalue weighted by Gasteiger charge is -2.31. The number of likely N-dealkylation sites (tertiary alicyclic amines) is 1. The van der Waals surface area contributed by atoms with Gasteiger partial charge in [-0.2, -0.15) is 9.61 Å². The molecule has 1 aromatic carbocycles. The number of nitrogens with zero attached hydrogens (tertiary/aromatic N) is 3. The maximum atomic E-state index is 10.8. The first-order valence-electron chi connectivity index (χ1n) is 8.80. The van der Waals surface area contributed by atoms with Crippen molar-refractivity contribution >= 4 is 16.3 Å². The van der Waals surface area contributed by atoms with Gasteiger partial charge in [-0.3, -0.25) is 0 Å². The van der Waals surface area contributed by atoms with Gasteiger partial charge >= 0.3 is 0 Å². The molecule has 1 atom stereocenters. The van der Waals surface area contributed by atoms with Gasteiger partial charge in [0.15, 0.2) is 17.5 Å². The van der Waals surface area contributed by atoms with Gasteiger partial charge in [-0.1, -0.05) is 11.3 Å². The lowest BCUT2D eigenvalue weighted by molar-refractivity contribution is -0.929. The molecule has 138 valence electrons. The van der Waals surface area contributed by atoms with Crippen LogP contribution < -0.4 is 14.4 Å². The van der Waals surface area contributed by atoms with E-state index in [1.807, 2.05) is 12.1 Å². The van der Waals surface area contributed by atoms with Crippen molar-refractivity contribution in [2.45, 2.75) is 25.3 Å². The van der Waals surface area contributed by atoms with Crippen molar-refractivity contribution in [2.75, 3.05) is 27.3 Å². The Balaban J connectivity index is 1.83. The molecule has 0 bridgehead atoms. The summed E-state index contributed by atoms with van der Waals surface area (Å²) < 4.78 is 12.4. The molecule has 2 aromatic heterocycles. The zero-order valence-electron chi connectivity index (χ0n) is 14.9. The van der Waals surface area contributed by atoms with Crippen molar-refractivity contribution in [1.82, 2.24) is 14.6 Å². The van der Waals surface area contributed by atoms with Crippen molar-refractivity contribution < 1.29 is 19.5 Å². The molecule has 1 saturated heterocycles. The Labute approximate surface area is 155 Å². The average Bonchev–Trinajstić information content (AvgIpc) is 3.26. The van der Waals surface area contributed by atoms with Crippen LogP contribution in [0.25, 0.3) is 4.96 Å². The Morgan fingerprint density at radius 2 is 1.92 bits per heavy atom. The molecule has 3 heterocycles. The van der Waals surface area contributed by atoms with Gasteiger partial charge in [0.05, 0.1) is 27.3 Å². The van der Waals surface area contributed by atoms with Crippen LogP contribution in [0.5, 0.6) is 17.4 Å². The van der Waals surface area contributed by atoms with Gasteiger partial charge in [0, 0.05) is 5.56 Å². The van der Waals surface area contributed by atoms with E-state index in [4.69, 9.17) is 9.47 Å². The van der Waals surface area contributed by atoms with Crippen LogP contribution in [0.2, 0.25) is 0 Å². The fourth-order valence-corrected chi connectivity index (χ4v) is 4.90. The van der Waals surface area contributed by atoms with Crippen LogP contribution in [0.1, 0.15) is 35.7 Å². The highest BCUT2D eigenvalue weighted by molar-refractivity contribution is 7.17. The lowest BCUT2D eigenvalue weighted by atomic mass is 10.00. The summed E-state index contributed by atoms with van der Waals surface area (Å²) in [7, 11) is 3.28. The summed E-state index contributed by atoms with van der Waals surface area (Å²) in [6.07, 6.45) is 5.12. The number of nitrogens with one attached hydrogen (secondary N) is 1. The molecule has 1 fully saturated rings. The Kier molecular flexibility index (Phi) is 4.69. The lowest BCUT2D eigenvalue weighted by Crippen LogP contribution is -3.13. The number of piperidine rings is 1. The molecule has 0 radical (unpaired) electrons. The molecular weight excluding hydrogens is 352 g/mol. The van der Waals surface area contributed by atoms with Gasteiger partial charge in [0.25, 0.3) is 0 Å². The SMILES string of the molecule is COc1ccc([C@@H](c2sc3ncnn3c2O)[NH+]2CCCCC2)cc1OC. The molecule has 0 spiro atoms. The molecule has 26 heavy (non-hydrogen) atoms. The highest BCUT2D eigenvalue weighted by Crippen LogP contribution is 2.37. The molecule has 0 saturated carbocycles. The molecule has 1 aliphatic heterocycles. The summed E-state index contributed by atoms with van der Waals surface area (Å²) in [6.45, 7) is 2.15. The van der Waals surface area contributed by atoms with Gasteiger partial charge in [-0.05, 0) is 37.5 Å². The van der Waals surface area contributed by atoms with Crippen LogP contribution in [0.4, 0.5) is 0 Å². The molecule has 7 nitrogen and oxygen atoms in total. The van der Waals surface area contributed by atoms with Crippen LogP contribution in [0.15, 0.2) is 24.5 Å². The average molecular weight is 375 g/mol. The number of fused-ring (bicyclic) bond motifs is 1. The number of benzene rings is 1. The monoisotopic (exact) mass is 375 g/mol. The summed E-state index contributed by atoms with van der Waals surface area (Å²) in [5.41, 5.74) is 1.10. The summed E-state index contributed by atoms with van der Waals surface area (Å²) in [5.74, 6) is 1.58. The molecule has 0 aliphatic carbocycles. The Bertz CT molecular complexity index is 901. The van der Waals surface area contributed by atoms with Crippen molar-refractivity contribution in [2.24, 2.45) is 0 Å². The van der Waals surface area contributed by atoms with Crippen LogP contribution in [-0.4, -0.2) is 47.0 Å². The van der Waals surface area contributed by atoms with E-state index in [1.54, 1.807) is 14.2 Å². The van der Waals surface area contributed by atoms with Crippen LogP contribution in [0, 0.1) is 0 Å². The number of hydrogen-bond acceptors (Lipinski definition) is 6. The second-order valence-corrected chi connectivity index (χ2v) is 7.52. The first-order chi connectivity index (χ1) is 12.7. The van der Waals surface area contributed by atoms with E-state index in [0.29, 0.717) is 16.5 Å². The second kappa shape index (κ2) is 7.13. The molecule has 2 N–H and O–H groups in total. The molecule has 0 amide bonds. The van der Waals surface area contributed by atoms with Crippen LogP contribution in [0.3, 0.4) is 0 Å². The summed E-state index contributed by atoms with van der Waals surface area (Å²) in [4.78, 5) is 7.29. The van der Waals surface area contributed by atoms with Gasteiger partial charge in [0.2, 0.25) is 10.8 Å². The largest absolute Gasteiger partial charge is 0.493 e. The van der Waals surface area contributed by atoms with Gasteiger partial charge in [0.1, 0.15) is 11.2 Å². The standard InChI is InChI=1S/C18H22N4O3S/c1-24-13-7-6-12(10-14(13)25-2)15(21-8-4-3-5-9-21)16-17(23)22-18(26-16)19-11-20-22/h6-7,10-11,15,23H,3-5,8-9H2,1-2H3/p+1/t15-/m0/s1. The Morgan fingerprint density at radius 3 is 2.62 bits per heavy atom. The van der Waals surface area contributed by atoms with Crippen LogP contribution in [-0.2, 0) is 0 Å². The first kappa shape index (κ1) is 17.1. The molecule has 1 aliphatic rings. The van der Waals surface area contributed by atoms with Crippen molar-refractivity contribution in [3.8, 4) is 17.4 Å². The fraction of sp³-hybridized carbons (Fsp3) is 0.444. The number of quaternary nitrogens is 1. The molecule has 8 heteroatoms. The van der Waals surface area contributed by atoms with E-state index in [1.165, 1.54) is 46.3 Å². The van der Waals surface area contributed by atoms with Gasteiger partial charge in [-0.25, -0.2) is 4.98 Å². The topological polar surface area (TPSA) is 73.3 Å². The van der Waals surface area contributed by atoms with Crippen molar-refractivity contribution in [3.63, 3.8) is 0 Å². The molecule has 4 rings (SSSR count). The number of methoxy groups -OCH3 is 2. The molecule has 0 unspecified atom stereocenters. The number of thiazole rings is 1. The zero-order valence-corrected chi connectivity index (χ0v) is 15.8. The minimum absolute atomic E-state index is 0.0172. The Hall–Kier alpha value is -2.32. The van der Waals surface area contributed by atoms with Crippen molar-refractivity contribution in [1.29, 1.82) is 0 Å². The molecule has 3 aromatic rings. The van der Waals surface area contributed by atoms with Crippen molar-refractivity contribution in [3.05, 3.63) is 35.0 Å². The van der Waals surface area contributed by atoms with E-state index in [2.05, 4.69) is 16.1 Å². The number of hydrogen-bond donors (Lipinski definition) is 2. The third-order valence-corrected chi connectivity index (χ3v) is 6.14. The van der Waals surface area contributed by atoms with E-state index in [-0.39, 0.29) is 11.9 Å². The maximum Gasteiger partial charge on any atom is 0.235 e. The van der Waals surface area contributed by atoms with E-state index in [0.717, 1.165) is 23.5 Å². The minimum Gasteiger partial charge on any atom is -0.493 e. The predicted octanol–water partition coefficient (Wildman–Crippen LogP) is 1.67. The van der Waals surface area contributed by atoms with Gasteiger partial charge in [-0.15, -0.1) is 0 Å². The van der Waals surface area contributed by atoms with E-state index in [9.17, 15) is 5.11 Å². The summed E-state index contributed by atoms with van der Waals surface area (Å²) in [6, 6.07) is 6.02. The normalized spacial score (nSPS) is 16.7. The van der Waals surface area contributed by atoms with E-state index < -0.39 is 0 Å². The summed E-state index contributed by atoms with van der Waals surface area (Å²) >= 11 is 1.50. The number of rotatable bonds is 5. The van der Waals surface area contributed by atoms with Crippen LogP contribution >= 0.6 is 11.3 Å². The third kappa shape index (κ3) is 2.89. The number of aromatic hydroxyl groups is 1. The number of aromatic nitrogens is 3. The second-order valence-electron chi connectivity index (χ2n) is 6.51. The smallest absolute Gasteiger partial charge is 0.235 e. The highest BCUT2D eigenvalue weighted by Gasteiger charge is 2.34. The first-order valence-corrected chi connectivity index (χ1v) is 9.62. The maximum absolute atomic E-state index is 10.8. The summed E-state index contributed by atoms with van der Waals surface area (Å²) in [5, 5.41) is 14.9. The zero-order chi connectivity index (χ0) is 18.1.